The van der Waals surface area contributed by atoms with Crippen LogP contribution >= 0.6 is 27.7 Å². The van der Waals surface area contributed by atoms with Crippen molar-refractivity contribution in [1.82, 2.24) is 5.32 Å². The van der Waals surface area contributed by atoms with Crippen molar-refractivity contribution in [2.24, 2.45) is 5.92 Å². The molecule has 2 aromatic carbocycles. The molecule has 9 nitrogen and oxygen atoms in total. The number of carbonyl (C=O) groups excluding carboxylic acids is 4. The number of thioether (sulfide) groups is 1. The Kier molecular flexibility index (Phi) is 9.13. The molecule has 2 amide bonds. The second-order valence-electron chi connectivity index (χ2n) is 8.19. The average Bonchev–Trinajstić information content (AvgIpc) is 2.88. The molecule has 3 rings (SSSR count). The maximum atomic E-state index is 13.0. The van der Waals surface area contributed by atoms with Crippen LogP contribution in [0.25, 0.3) is 0 Å². The van der Waals surface area contributed by atoms with Gasteiger partial charge in [0.15, 0.2) is 0 Å². The molecule has 0 fully saturated rings. The summed E-state index contributed by atoms with van der Waals surface area (Å²) in [5.74, 6) is -4.73. The lowest BCUT2D eigenvalue weighted by Crippen LogP contribution is -2.44. The van der Waals surface area contributed by atoms with Crippen LogP contribution in [0.15, 0.2) is 51.5 Å². The van der Waals surface area contributed by atoms with E-state index in [1.807, 2.05) is 26.0 Å². The molecule has 1 heterocycles. The molecule has 2 atom stereocenters. The number of rotatable bonds is 7. The van der Waals surface area contributed by atoms with E-state index >= 15 is 0 Å². The van der Waals surface area contributed by atoms with E-state index in [1.165, 1.54) is 19.2 Å². The Labute approximate surface area is 226 Å². The molecular formula is C26H24BrN3O6S. The maximum Gasteiger partial charge on any atom is 0.337 e. The summed E-state index contributed by atoms with van der Waals surface area (Å²) in [4.78, 5) is 50.1. The first-order valence-electron chi connectivity index (χ1n) is 11.0. The normalized spacial score (nSPS) is 16.9. The van der Waals surface area contributed by atoms with Crippen LogP contribution in [0.3, 0.4) is 0 Å². The highest BCUT2D eigenvalue weighted by Crippen LogP contribution is 2.40. The zero-order valence-electron chi connectivity index (χ0n) is 20.5. The summed E-state index contributed by atoms with van der Waals surface area (Å²) in [5, 5.41) is 15.7. The molecule has 0 saturated carbocycles. The zero-order valence-corrected chi connectivity index (χ0v) is 22.9. The third-order valence-electron chi connectivity index (χ3n) is 5.78. The van der Waals surface area contributed by atoms with Gasteiger partial charge in [0.1, 0.15) is 5.92 Å². The van der Waals surface area contributed by atoms with E-state index in [4.69, 9.17) is 9.47 Å². The number of ether oxygens (including phenoxy) is 2. The Hall–Kier alpha value is -3.62. The highest BCUT2D eigenvalue weighted by molar-refractivity contribution is 9.10. The summed E-state index contributed by atoms with van der Waals surface area (Å²) in [6.07, 6.45) is 0. The van der Waals surface area contributed by atoms with Crippen LogP contribution in [-0.4, -0.2) is 43.7 Å². The summed E-state index contributed by atoms with van der Waals surface area (Å²) in [7, 11) is 2.41. The van der Waals surface area contributed by atoms with Gasteiger partial charge in [-0.1, -0.05) is 39.8 Å². The van der Waals surface area contributed by atoms with Crippen LogP contribution in [0.5, 0.6) is 0 Å². The number of methoxy groups -OCH3 is 2. The quantitative estimate of drug-likeness (QED) is 0.368. The van der Waals surface area contributed by atoms with Gasteiger partial charge in [0, 0.05) is 16.1 Å². The van der Waals surface area contributed by atoms with E-state index in [1.54, 1.807) is 12.1 Å². The first-order valence-corrected chi connectivity index (χ1v) is 12.8. The SMILES string of the molecule is COC(=O)c1ccc([C@@H]2C(C#N)=C(SCC(=O)Nc3c(C)cc(Br)cc3C)NC(=O)[C@@H]2C(=O)OC)cc1. The van der Waals surface area contributed by atoms with Crippen LogP contribution in [0.1, 0.15) is 33.0 Å². The molecule has 0 aromatic heterocycles. The van der Waals surface area contributed by atoms with Crippen molar-refractivity contribution in [1.29, 1.82) is 5.26 Å². The smallest absolute Gasteiger partial charge is 0.337 e. The van der Waals surface area contributed by atoms with Crippen molar-refractivity contribution in [2.45, 2.75) is 19.8 Å². The Bertz CT molecular complexity index is 1310. The van der Waals surface area contributed by atoms with Crippen molar-refractivity contribution in [3.05, 3.63) is 73.7 Å². The van der Waals surface area contributed by atoms with Gasteiger partial charge in [-0.2, -0.15) is 5.26 Å². The largest absolute Gasteiger partial charge is 0.468 e. The van der Waals surface area contributed by atoms with E-state index in [-0.39, 0.29) is 27.8 Å². The molecule has 1 aliphatic heterocycles. The van der Waals surface area contributed by atoms with Gasteiger partial charge in [0.05, 0.1) is 42.2 Å². The van der Waals surface area contributed by atoms with Crippen LogP contribution < -0.4 is 10.6 Å². The van der Waals surface area contributed by atoms with Crippen molar-refractivity contribution >= 4 is 57.1 Å². The summed E-state index contributed by atoms with van der Waals surface area (Å²) < 4.78 is 10.4. The van der Waals surface area contributed by atoms with E-state index in [9.17, 15) is 24.4 Å². The second-order valence-corrected chi connectivity index (χ2v) is 10.1. The molecule has 0 bridgehead atoms. The van der Waals surface area contributed by atoms with Gasteiger partial charge >= 0.3 is 11.9 Å². The Balaban J connectivity index is 1.92. The number of carbonyl (C=O) groups is 4. The van der Waals surface area contributed by atoms with Gasteiger partial charge in [-0.3, -0.25) is 14.4 Å². The van der Waals surface area contributed by atoms with Crippen molar-refractivity contribution < 1.29 is 28.7 Å². The number of hydrogen-bond acceptors (Lipinski definition) is 8. The molecule has 0 unspecified atom stereocenters. The lowest BCUT2D eigenvalue weighted by atomic mass is 9.78. The summed E-state index contributed by atoms with van der Waals surface area (Å²) in [6.45, 7) is 3.75. The van der Waals surface area contributed by atoms with Crippen molar-refractivity contribution in [3.63, 3.8) is 0 Å². The molecule has 0 spiro atoms. The molecule has 1 aliphatic rings. The van der Waals surface area contributed by atoms with Crippen molar-refractivity contribution in [3.8, 4) is 6.07 Å². The van der Waals surface area contributed by atoms with Gasteiger partial charge in [-0.15, -0.1) is 0 Å². The van der Waals surface area contributed by atoms with Crippen LogP contribution in [0, 0.1) is 31.1 Å². The molecule has 0 aliphatic carbocycles. The number of benzene rings is 2. The topological polar surface area (TPSA) is 135 Å². The number of esters is 2. The molecular weight excluding hydrogens is 562 g/mol. The number of amides is 2. The minimum Gasteiger partial charge on any atom is -0.468 e. The van der Waals surface area contributed by atoms with E-state index < -0.39 is 29.7 Å². The Morgan fingerprint density at radius 3 is 2.27 bits per heavy atom. The zero-order chi connectivity index (χ0) is 27.3. The number of anilines is 1. The standard InChI is InChI=1S/C26H24BrN3O6S/c1-13-9-17(27)10-14(2)22(13)29-19(31)12-37-24-18(11-28)20(21(23(32)30-24)26(34)36-4)15-5-7-16(8-6-15)25(33)35-3/h5-10,20-21H,12H2,1-4H3,(H,29,31)(H,30,32)/t20-,21-/m1/s1. The number of halogens is 1. The first-order chi connectivity index (χ1) is 17.6. The molecule has 11 heteroatoms. The molecule has 0 saturated heterocycles. The maximum absolute atomic E-state index is 13.0. The van der Waals surface area contributed by atoms with E-state index in [0.29, 0.717) is 11.3 Å². The lowest BCUT2D eigenvalue weighted by molar-refractivity contribution is -0.150. The fourth-order valence-corrected chi connectivity index (χ4v) is 5.58. The third-order valence-corrected chi connectivity index (χ3v) is 7.26. The minimum atomic E-state index is -1.32. The monoisotopic (exact) mass is 585 g/mol. The number of hydrogen-bond donors (Lipinski definition) is 2. The molecule has 2 aromatic rings. The second kappa shape index (κ2) is 12.1. The predicted octanol–water partition coefficient (Wildman–Crippen LogP) is 3.96. The molecule has 192 valence electrons. The number of aryl methyl sites for hydroxylation is 2. The number of nitrogens with zero attached hydrogens (tertiary/aromatic N) is 1. The van der Waals surface area contributed by atoms with Gasteiger partial charge < -0.3 is 20.1 Å². The fourth-order valence-electron chi connectivity index (χ4n) is 4.05. The number of allylic oxidation sites excluding steroid dienone is 1. The minimum absolute atomic E-state index is 0.0906. The molecule has 0 radical (unpaired) electrons. The average molecular weight is 586 g/mol. The number of nitriles is 1. The first kappa shape index (κ1) is 28.0. The van der Waals surface area contributed by atoms with Gasteiger partial charge in [-0.25, -0.2) is 4.79 Å². The van der Waals surface area contributed by atoms with Crippen molar-refractivity contribution in [2.75, 3.05) is 25.3 Å². The van der Waals surface area contributed by atoms with Crippen LogP contribution in [0.4, 0.5) is 5.69 Å². The van der Waals surface area contributed by atoms with Gasteiger partial charge in [0.25, 0.3) is 0 Å². The number of nitrogens with one attached hydrogen (secondary N) is 2. The Morgan fingerprint density at radius 2 is 1.73 bits per heavy atom. The Morgan fingerprint density at radius 1 is 1.11 bits per heavy atom. The van der Waals surface area contributed by atoms with E-state index in [0.717, 1.165) is 34.5 Å². The highest BCUT2D eigenvalue weighted by atomic mass is 79.9. The third kappa shape index (κ3) is 6.21. The van der Waals surface area contributed by atoms with Crippen LogP contribution in [-0.2, 0) is 23.9 Å². The van der Waals surface area contributed by atoms with Gasteiger partial charge in [-0.05, 0) is 54.8 Å². The fraction of sp³-hybridized carbons (Fsp3) is 0.269. The molecule has 2 N–H and O–H groups in total. The van der Waals surface area contributed by atoms with Gasteiger partial charge in [0.2, 0.25) is 11.8 Å². The van der Waals surface area contributed by atoms with Crippen LogP contribution in [0.2, 0.25) is 0 Å². The highest BCUT2D eigenvalue weighted by Gasteiger charge is 2.44. The summed E-state index contributed by atoms with van der Waals surface area (Å²) >= 11 is 4.41. The lowest BCUT2D eigenvalue weighted by Gasteiger charge is -2.31. The summed E-state index contributed by atoms with van der Waals surface area (Å²) in [5.41, 5.74) is 3.28. The summed E-state index contributed by atoms with van der Waals surface area (Å²) in [6, 6.07) is 11.9. The van der Waals surface area contributed by atoms with E-state index in [2.05, 4.69) is 32.6 Å². The molecule has 37 heavy (non-hydrogen) atoms. The predicted molar refractivity (Wildman–Crippen MR) is 142 cm³/mol.